The maximum atomic E-state index is 10.6. The molecule has 1 aromatic heterocycles. The maximum absolute atomic E-state index is 10.6. The molecular formula is C16H17NO3S. The molecule has 0 saturated heterocycles. The summed E-state index contributed by atoms with van der Waals surface area (Å²) in [5.41, 5.74) is 1.94. The van der Waals surface area contributed by atoms with Crippen LogP contribution in [0.3, 0.4) is 0 Å². The van der Waals surface area contributed by atoms with Gasteiger partial charge in [0, 0.05) is 18.0 Å². The fourth-order valence-corrected chi connectivity index (χ4v) is 2.95. The van der Waals surface area contributed by atoms with Crippen molar-refractivity contribution in [2.75, 3.05) is 19.1 Å². The van der Waals surface area contributed by atoms with Crippen molar-refractivity contribution in [3.05, 3.63) is 52.2 Å². The number of ether oxygens (including phenoxy) is 1. The van der Waals surface area contributed by atoms with Crippen LogP contribution >= 0.6 is 11.3 Å². The number of carboxylic acid groups (broad SMARTS) is 1. The fraction of sp³-hybridized carbons (Fsp3) is 0.188. The SMILES string of the molecule is COc1ccccc1N(C)Cc1sccc1C=CC(=O)O. The zero-order valence-corrected chi connectivity index (χ0v) is 12.8. The number of rotatable bonds is 6. The smallest absolute Gasteiger partial charge is 0.328 e. The lowest BCUT2D eigenvalue weighted by Crippen LogP contribution is -2.16. The molecule has 0 unspecified atom stereocenters. The summed E-state index contributed by atoms with van der Waals surface area (Å²) < 4.78 is 5.36. The first kappa shape index (κ1) is 15.1. The van der Waals surface area contributed by atoms with E-state index < -0.39 is 5.97 Å². The van der Waals surface area contributed by atoms with Crippen LogP contribution in [-0.2, 0) is 11.3 Å². The third-order valence-electron chi connectivity index (χ3n) is 3.06. The molecule has 5 heteroatoms. The summed E-state index contributed by atoms with van der Waals surface area (Å²) in [6.45, 7) is 0.692. The lowest BCUT2D eigenvalue weighted by atomic mass is 10.2. The number of thiophene rings is 1. The minimum absolute atomic E-state index is 0.692. The van der Waals surface area contributed by atoms with Gasteiger partial charge in [-0.3, -0.25) is 0 Å². The normalized spacial score (nSPS) is 10.8. The Morgan fingerprint density at radius 1 is 1.38 bits per heavy atom. The van der Waals surface area contributed by atoms with Crippen LogP contribution in [0.5, 0.6) is 5.75 Å². The van der Waals surface area contributed by atoms with Crippen LogP contribution in [-0.4, -0.2) is 25.2 Å². The largest absolute Gasteiger partial charge is 0.495 e. The highest BCUT2D eigenvalue weighted by molar-refractivity contribution is 7.10. The lowest BCUT2D eigenvalue weighted by molar-refractivity contribution is -0.131. The Morgan fingerprint density at radius 3 is 2.86 bits per heavy atom. The number of benzene rings is 1. The van der Waals surface area contributed by atoms with Gasteiger partial charge in [-0.25, -0.2) is 4.79 Å². The van der Waals surface area contributed by atoms with Crippen molar-refractivity contribution in [1.29, 1.82) is 0 Å². The molecule has 0 aliphatic rings. The second-order valence-electron chi connectivity index (χ2n) is 4.50. The van der Waals surface area contributed by atoms with E-state index in [-0.39, 0.29) is 0 Å². The molecule has 1 aromatic carbocycles. The molecular weight excluding hydrogens is 286 g/mol. The Bertz CT molecular complexity index is 648. The molecule has 1 heterocycles. The third kappa shape index (κ3) is 3.86. The van der Waals surface area contributed by atoms with E-state index in [0.29, 0.717) is 6.54 Å². The van der Waals surface area contributed by atoms with E-state index in [1.807, 2.05) is 42.8 Å². The van der Waals surface area contributed by atoms with Crippen LogP contribution in [0.1, 0.15) is 10.4 Å². The van der Waals surface area contributed by atoms with E-state index in [1.165, 1.54) is 0 Å². The number of carbonyl (C=O) groups is 1. The number of carboxylic acids is 1. The summed E-state index contributed by atoms with van der Waals surface area (Å²) >= 11 is 1.61. The number of hydrogen-bond acceptors (Lipinski definition) is 4. The zero-order valence-electron chi connectivity index (χ0n) is 11.9. The van der Waals surface area contributed by atoms with Gasteiger partial charge in [0.1, 0.15) is 5.75 Å². The molecule has 0 spiro atoms. The lowest BCUT2D eigenvalue weighted by Gasteiger charge is -2.21. The van der Waals surface area contributed by atoms with Crippen molar-refractivity contribution in [2.24, 2.45) is 0 Å². The standard InChI is InChI=1S/C16H17NO3S/c1-17(13-5-3-4-6-14(13)20-2)11-15-12(9-10-21-15)7-8-16(18)19/h3-10H,11H2,1-2H3,(H,18,19). The van der Waals surface area contributed by atoms with Crippen molar-refractivity contribution in [1.82, 2.24) is 0 Å². The first-order chi connectivity index (χ1) is 10.1. The summed E-state index contributed by atoms with van der Waals surface area (Å²) in [6, 6.07) is 9.75. The molecule has 110 valence electrons. The van der Waals surface area contributed by atoms with Gasteiger partial charge in [-0.1, -0.05) is 12.1 Å². The molecule has 2 rings (SSSR count). The molecule has 0 aliphatic heterocycles. The number of hydrogen-bond donors (Lipinski definition) is 1. The van der Waals surface area contributed by atoms with Gasteiger partial charge in [-0.15, -0.1) is 11.3 Å². The van der Waals surface area contributed by atoms with Crippen molar-refractivity contribution >= 4 is 29.1 Å². The average molecular weight is 303 g/mol. The molecule has 0 saturated carbocycles. The molecule has 4 nitrogen and oxygen atoms in total. The molecule has 21 heavy (non-hydrogen) atoms. The Balaban J connectivity index is 2.18. The Labute approximate surface area is 127 Å². The minimum atomic E-state index is -0.940. The Kier molecular flexibility index (Phi) is 5.00. The first-order valence-electron chi connectivity index (χ1n) is 6.43. The molecule has 1 N–H and O–H groups in total. The number of aliphatic carboxylic acids is 1. The van der Waals surface area contributed by atoms with E-state index in [0.717, 1.165) is 28.0 Å². The van der Waals surface area contributed by atoms with Crippen LogP contribution in [0.4, 0.5) is 5.69 Å². The number of nitrogens with zero attached hydrogens (tertiary/aromatic N) is 1. The van der Waals surface area contributed by atoms with Crippen molar-refractivity contribution < 1.29 is 14.6 Å². The van der Waals surface area contributed by atoms with Crippen LogP contribution in [0.2, 0.25) is 0 Å². The van der Waals surface area contributed by atoms with Gasteiger partial charge in [0.25, 0.3) is 0 Å². The molecule has 0 atom stereocenters. The van der Waals surface area contributed by atoms with E-state index in [4.69, 9.17) is 9.84 Å². The summed E-state index contributed by atoms with van der Waals surface area (Å²) in [7, 11) is 3.64. The van der Waals surface area contributed by atoms with Crippen molar-refractivity contribution in [3.63, 3.8) is 0 Å². The number of para-hydroxylation sites is 2. The van der Waals surface area contributed by atoms with Gasteiger partial charge in [-0.05, 0) is 35.2 Å². The second-order valence-corrected chi connectivity index (χ2v) is 5.50. The summed E-state index contributed by atoms with van der Waals surface area (Å²) in [6.07, 6.45) is 2.79. The first-order valence-corrected chi connectivity index (χ1v) is 7.31. The average Bonchev–Trinajstić information content (AvgIpc) is 2.92. The molecule has 0 fully saturated rings. The van der Waals surface area contributed by atoms with Gasteiger partial charge in [0.15, 0.2) is 0 Å². The summed E-state index contributed by atoms with van der Waals surface area (Å²) in [5.74, 6) is -0.121. The number of methoxy groups -OCH3 is 1. The zero-order chi connectivity index (χ0) is 15.2. The predicted octanol–water partition coefficient (Wildman–Crippen LogP) is 3.49. The predicted molar refractivity (Wildman–Crippen MR) is 86.1 cm³/mol. The Hall–Kier alpha value is -2.27. The summed E-state index contributed by atoms with van der Waals surface area (Å²) in [4.78, 5) is 13.8. The van der Waals surface area contributed by atoms with E-state index >= 15 is 0 Å². The van der Waals surface area contributed by atoms with Gasteiger partial charge in [0.2, 0.25) is 0 Å². The van der Waals surface area contributed by atoms with E-state index in [2.05, 4.69) is 4.90 Å². The highest BCUT2D eigenvalue weighted by atomic mass is 32.1. The molecule has 0 amide bonds. The molecule has 0 radical (unpaired) electrons. The monoisotopic (exact) mass is 303 g/mol. The van der Waals surface area contributed by atoms with Gasteiger partial charge >= 0.3 is 5.97 Å². The third-order valence-corrected chi connectivity index (χ3v) is 3.98. The van der Waals surface area contributed by atoms with E-state index in [1.54, 1.807) is 24.5 Å². The van der Waals surface area contributed by atoms with Crippen LogP contribution < -0.4 is 9.64 Å². The van der Waals surface area contributed by atoms with Crippen molar-refractivity contribution in [2.45, 2.75) is 6.54 Å². The van der Waals surface area contributed by atoms with Crippen molar-refractivity contribution in [3.8, 4) is 5.75 Å². The van der Waals surface area contributed by atoms with Gasteiger partial charge in [-0.2, -0.15) is 0 Å². The Morgan fingerprint density at radius 2 is 2.14 bits per heavy atom. The maximum Gasteiger partial charge on any atom is 0.328 e. The van der Waals surface area contributed by atoms with Crippen LogP contribution in [0.25, 0.3) is 6.08 Å². The van der Waals surface area contributed by atoms with Crippen LogP contribution in [0, 0.1) is 0 Å². The minimum Gasteiger partial charge on any atom is -0.495 e. The summed E-state index contributed by atoms with van der Waals surface area (Å²) in [5, 5.41) is 10.7. The molecule has 2 aromatic rings. The second kappa shape index (κ2) is 6.95. The van der Waals surface area contributed by atoms with Crippen LogP contribution in [0.15, 0.2) is 41.8 Å². The highest BCUT2D eigenvalue weighted by Gasteiger charge is 2.10. The topological polar surface area (TPSA) is 49.8 Å². The molecule has 0 aliphatic carbocycles. The van der Waals surface area contributed by atoms with Gasteiger partial charge in [0.05, 0.1) is 19.3 Å². The van der Waals surface area contributed by atoms with E-state index in [9.17, 15) is 4.79 Å². The highest BCUT2D eigenvalue weighted by Crippen LogP contribution is 2.29. The fourth-order valence-electron chi connectivity index (χ4n) is 2.03. The number of anilines is 1. The molecule has 0 bridgehead atoms. The van der Waals surface area contributed by atoms with Gasteiger partial charge < -0.3 is 14.7 Å². The quantitative estimate of drug-likeness (QED) is 0.830.